The molecule has 0 saturated heterocycles. The molecule has 0 unspecified atom stereocenters. The molecular formula is C17H29Cl2N3O8P2. The van der Waals surface area contributed by atoms with E-state index in [4.69, 9.17) is 23.2 Å². The van der Waals surface area contributed by atoms with E-state index in [1.807, 2.05) is 30.3 Å². The van der Waals surface area contributed by atoms with Crippen LogP contribution in [-0.4, -0.2) is 78.1 Å². The Morgan fingerprint density at radius 2 is 1.56 bits per heavy atom. The molecule has 1 aromatic carbocycles. The first-order valence-electron chi connectivity index (χ1n) is 9.64. The van der Waals surface area contributed by atoms with Gasteiger partial charge in [-0.05, 0) is 18.4 Å². The Bertz CT molecular complexity index is 780. The molecule has 1 amide bonds. The van der Waals surface area contributed by atoms with Crippen LogP contribution < -0.4 is 10.7 Å². The van der Waals surface area contributed by atoms with Gasteiger partial charge in [-0.3, -0.25) is 13.9 Å². The van der Waals surface area contributed by atoms with Crippen LogP contribution in [0, 0.1) is 0 Å². The first-order valence-corrected chi connectivity index (χ1v) is 13.9. The topological polar surface area (TPSA) is 180 Å². The molecule has 0 bridgehead atoms. The van der Waals surface area contributed by atoms with Crippen LogP contribution in [0.3, 0.4) is 0 Å². The molecule has 184 valence electrons. The molecule has 0 aromatic heterocycles. The summed E-state index contributed by atoms with van der Waals surface area (Å²) < 4.78 is 22.8. The highest BCUT2D eigenvalue weighted by molar-refractivity contribution is 7.72. The van der Waals surface area contributed by atoms with E-state index in [2.05, 4.69) is 10.7 Å². The van der Waals surface area contributed by atoms with Crippen molar-refractivity contribution in [2.24, 2.45) is 0 Å². The number of hydrogen-bond donors (Lipinski definition) is 7. The van der Waals surface area contributed by atoms with Crippen molar-refractivity contribution in [3.63, 3.8) is 0 Å². The molecule has 0 aliphatic heterocycles. The van der Waals surface area contributed by atoms with Crippen molar-refractivity contribution < 1.29 is 38.6 Å². The van der Waals surface area contributed by atoms with E-state index in [1.54, 1.807) is 5.01 Å². The van der Waals surface area contributed by atoms with Crippen molar-refractivity contribution in [1.29, 1.82) is 0 Å². The van der Waals surface area contributed by atoms with Gasteiger partial charge in [0.15, 0.2) is 0 Å². The number of benzene rings is 1. The van der Waals surface area contributed by atoms with Crippen molar-refractivity contribution in [3.8, 4) is 0 Å². The second-order valence-electron chi connectivity index (χ2n) is 6.99. The Morgan fingerprint density at radius 1 is 1.03 bits per heavy atom. The first kappa shape index (κ1) is 29.5. The molecule has 1 aromatic rings. The lowest BCUT2D eigenvalue weighted by Crippen LogP contribution is -2.54. The maximum Gasteiger partial charge on any atom is 0.369 e. The monoisotopic (exact) mass is 535 g/mol. The lowest BCUT2D eigenvalue weighted by atomic mass is 10.1. The van der Waals surface area contributed by atoms with E-state index < -0.39 is 38.6 Å². The van der Waals surface area contributed by atoms with Crippen molar-refractivity contribution in [2.75, 3.05) is 31.4 Å². The van der Waals surface area contributed by atoms with E-state index in [0.717, 1.165) is 5.56 Å². The average molecular weight is 536 g/mol. The van der Waals surface area contributed by atoms with Gasteiger partial charge in [-0.1, -0.05) is 30.3 Å². The fourth-order valence-corrected chi connectivity index (χ4v) is 5.50. The van der Waals surface area contributed by atoms with Crippen molar-refractivity contribution in [1.82, 2.24) is 15.8 Å². The number of nitrogens with one attached hydrogen (secondary N) is 2. The predicted molar refractivity (Wildman–Crippen MR) is 121 cm³/mol. The van der Waals surface area contributed by atoms with E-state index in [0.29, 0.717) is 31.3 Å². The van der Waals surface area contributed by atoms with Gasteiger partial charge in [0.1, 0.15) is 6.04 Å². The normalized spacial score (nSPS) is 13.9. The smallest absolute Gasteiger partial charge is 0.368 e. The minimum Gasteiger partial charge on any atom is -0.368 e. The number of nitrogens with zero attached hydrogens (tertiary/aromatic N) is 1. The fourth-order valence-electron chi connectivity index (χ4n) is 2.83. The molecule has 0 fully saturated rings. The fraction of sp³-hybridized carbons (Fsp3) is 0.588. The highest BCUT2D eigenvalue weighted by Crippen LogP contribution is 2.69. The summed E-state index contributed by atoms with van der Waals surface area (Å²) in [5, 5.41) is 10.7. The zero-order chi connectivity index (χ0) is 24.4. The number of carbonyl (C=O) groups is 1. The number of alkyl halides is 2. The molecule has 0 aliphatic rings. The summed E-state index contributed by atoms with van der Waals surface area (Å²) in [5.41, 5.74) is 3.93. The Labute approximate surface area is 196 Å². The van der Waals surface area contributed by atoms with Crippen LogP contribution >= 0.6 is 38.4 Å². The Kier molecular flexibility index (Phi) is 12.3. The van der Waals surface area contributed by atoms with Gasteiger partial charge < -0.3 is 30.0 Å². The molecule has 32 heavy (non-hydrogen) atoms. The van der Waals surface area contributed by atoms with Gasteiger partial charge in [-0.25, -0.2) is 10.4 Å². The van der Waals surface area contributed by atoms with E-state index in [-0.39, 0.29) is 13.0 Å². The standard InChI is InChI=1S/C17H29Cl2N3O8P2/c18-8-11-22(12-9-19)21-15(13-14-5-2-1-3-6-14)16(23)20-10-4-7-17(24,31(25,26)27)32(28,29)30/h1-3,5-6,15,21,24H,4,7-13H2,(H,20,23)(H2,25,26,27)(H2,28,29,30)/t15-/m0/s1. The van der Waals surface area contributed by atoms with Crippen LogP contribution in [0.2, 0.25) is 0 Å². The van der Waals surface area contributed by atoms with Gasteiger partial charge in [0, 0.05) is 37.8 Å². The van der Waals surface area contributed by atoms with Crippen LogP contribution in [0.4, 0.5) is 0 Å². The van der Waals surface area contributed by atoms with Gasteiger partial charge in [-0.2, -0.15) is 0 Å². The second kappa shape index (κ2) is 13.4. The maximum atomic E-state index is 12.8. The molecule has 0 radical (unpaired) electrons. The van der Waals surface area contributed by atoms with Crippen LogP contribution in [0.25, 0.3) is 0 Å². The molecule has 0 spiro atoms. The lowest BCUT2D eigenvalue weighted by Gasteiger charge is -2.29. The molecule has 0 saturated carbocycles. The van der Waals surface area contributed by atoms with E-state index in [1.165, 1.54) is 0 Å². The van der Waals surface area contributed by atoms with Crippen molar-refractivity contribution >= 4 is 44.3 Å². The van der Waals surface area contributed by atoms with Crippen molar-refractivity contribution in [3.05, 3.63) is 35.9 Å². The van der Waals surface area contributed by atoms with Crippen molar-refractivity contribution in [2.45, 2.75) is 30.4 Å². The highest BCUT2D eigenvalue weighted by Gasteiger charge is 2.58. The number of carbonyl (C=O) groups excluding carboxylic acids is 1. The summed E-state index contributed by atoms with van der Waals surface area (Å²) in [6, 6.07) is 8.43. The first-order chi connectivity index (χ1) is 14.9. The molecular weight excluding hydrogens is 507 g/mol. The third-order valence-corrected chi connectivity index (χ3v) is 8.78. The van der Waals surface area contributed by atoms with Gasteiger partial charge in [-0.15, -0.1) is 23.2 Å². The van der Waals surface area contributed by atoms with Gasteiger partial charge in [0.25, 0.3) is 5.08 Å². The molecule has 15 heteroatoms. The Morgan fingerprint density at radius 3 is 2.03 bits per heavy atom. The number of amides is 1. The maximum absolute atomic E-state index is 12.8. The van der Waals surface area contributed by atoms with Gasteiger partial charge in [0.2, 0.25) is 5.91 Å². The largest absolute Gasteiger partial charge is 0.369 e. The summed E-state index contributed by atoms with van der Waals surface area (Å²) in [5.74, 6) is 0.138. The Balaban J connectivity index is 2.82. The molecule has 11 nitrogen and oxygen atoms in total. The summed E-state index contributed by atoms with van der Waals surface area (Å²) in [7, 11) is -11.1. The minimum absolute atomic E-state index is 0.181. The van der Waals surface area contributed by atoms with E-state index in [9.17, 15) is 38.6 Å². The number of aliphatic hydroxyl groups is 1. The number of hydrazine groups is 1. The molecule has 1 rings (SSSR count). The number of halogens is 2. The zero-order valence-electron chi connectivity index (χ0n) is 17.2. The predicted octanol–water partition coefficient (Wildman–Crippen LogP) is 0.780. The van der Waals surface area contributed by atoms with Crippen LogP contribution in [0.1, 0.15) is 18.4 Å². The van der Waals surface area contributed by atoms with Gasteiger partial charge >= 0.3 is 15.2 Å². The summed E-state index contributed by atoms with van der Waals surface area (Å²) in [6.07, 6.45) is -0.893. The van der Waals surface area contributed by atoms with Gasteiger partial charge in [0.05, 0.1) is 0 Å². The Hall–Kier alpha value is -0.550. The molecule has 0 aliphatic carbocycles. The number of hydrogen-bond acceptors (Lipinski definition) is 6. The van der Waals surface area contributed by atoms with Crippen LogP contribution in [0.5, 0.6) is 0 Å². The summed E-state index contributed by atoms with van der Waals surface area (Å²) in [4.78, 5) is 49.5. The minimum atomic E-state index is -5.54. The molecule has 1 atom stereocenters. The summed E-state index contributed by atoms with van der Waals surface area (Å²) in [6.45, 7) is 0.661. The summed E-state index contributed by atoms with van der Waals surface area (Å²) >= 11 is 11.6. The van der Waals surface area contributed by atoms with Crippen LogP contribution in [-0.2, 0) is 20.3 Å². The number of rotatable bonds is 15. The van der Waals surface area contributed by atoms with Crippen LogP contribution in [0.15, 0.2) is 30.3 Å². The highest BCUT2D eigenvalue weighted by atomic mass is 35.5. The van der Waals surface area contributed by atoms with E-state index >= 15 is 0 Å². The third kappa shape index (κ3) is 9.00. The molecule has 0 heterocycles. The lowest BCUT2D eigenvalue weighted by molar-refractivity contribution is -0.124. The quantitative estimate of drug-likeness (QED) is 0.0733. The zero-order valence-corrected chi connectivity index (χ0v) is 20.5. The second-order valence-corrected chi connectivity index (χ2v) is 11.8. The molecule has 7 N–H and O–H groups in total. The average Bonchev–Trinajstić information content (AvgIpc) is 2.69. The SMILES string of the molecule is O=C(NCCCC(O)(P(=O)(O)O)P(=O)(O)O)[C@H](Cc1ccccc1)NN(CCCl)CCCl. The third-order valence-electron chi connectivity index (χ3n) is 4.57.